The number of hydrogen-bond acceptors (Lipinski definition) is 6. The van der Waals surface area contributed by atoms with Crippen LogP contribution in [0.15, 0.2) is 17.1 Å². The van der Waals surface area contributed by atoms with Crippen molar-refractivity contribution < 1.29 is 9.84 Å². The smallest absolute Gasteiger partial charge is 0.264 e. The highest BCUT2D eigenvalue weighted by Crippen LogP contribution is 2.31. The van der Waals surface area contributed by atoms with E-state index in [1.54, 1.807) is 36.4 Å². The highest BCUT2D eigenvalue weighted by Gasteiger charge is 2.26. The Morgan fingerprint density at radius 2 is 2.03 bits per heavy atom. The molecule has 1 atom stereocenters. The lowest BCUT2D eigenvalue weighted by Crippen LogP contribution is -2.26. The Morgan fingerprint density at radius 3 is 2.62 bits per heavy atom. The van der Waals surface area contributed by atoms with Crippen LogP contribution in [0.25, 0.3) is 22.2 Å². The monoisotopic (exact) mass is 402 g/mol. The highest BCUT2D eigenvalue weighted by molar-refractivity contribution is 5.97. The quantitative estimate of drug-likeness (QED) is 0.557. The van der Waals surface area contributed by atoms with Gasteiger partial charge >= 0.3 is 0 Å². The Kier molecular flexibility index (Phi) is 5.55. The first-order valence-electron chi connectivity index (χ1n) is 9.75. The second-order valence-electron chi connectivity index (χ2n) is 8.29. The molecule has 3 rings (SSSR count). The van der Waals surface area contributed by atoms with Gasteiger partial charge in [0.25, 0.3) is 5.56 Å². The van der Waals surface area contributed by atoms with E-state index in [9.17, 15) is 9.90 Å². The first kappa shape index (κ1) is 21.1. The summed E-state index contributed by atoms with van der Waals surface area (Å²) in [5.41, 5.74) is 7.25. The zero-order valence-corrected chi connectivity index (χ0v) is 17.9. The normalized spacial score (nSPS) is 13.5. The number of methoxy groups -OCH3 is 1. The minimum atomic E-state index is -1.09. The van der Waals surface area contributed by atoms with Crippen LogP contribution in [0.2, 0.25) is 0 Å². The molecule has 1 unspecified atom stereocenters. The van der Waals surface area contributed by atoms with Gasteiger partial charge in [0, 0.05) is 24.9 Å². The van der Waals surface area contributed by atoms with E-state index >= 15 is 0 Å². The number of fused-ring (bicyclic) bond motifs is 1. The van der Waals surface area contributed by atoms with Crippen molar-refractivity contribution in [1.82, 2.24) is 24.5 Å². The maximum absolute atomic E-state index is 13.1. The lowest BCUT2D eigenvalue weighted by molar-refractivity contribution is 0.0660. The largest absolute Gasteiger partial charge is 0.384 e. The Morgan fingerprint density at radius 1 is 1.34 bits per heavy atom. The number of nitrogen functional groups attached to an aromatic ring is 1. The number of aliphatic hydroxyl groups is 1. The lowest BCUT2D eigenvalue weighted by atomic mass is 10.0. The van der Waals surface area contributed by atoms with E-state index < -0.39 is 5.60 Å². The summed E-state index contributed by atoms with van der Waals surface area (Å²) in [6.45, 7) is 10.5. The molecule has 0 saturated heterocycles. The Labute approximate surface area is 169 Å². The number of nitrogens with one attached hydrogen (secondary N) is 1. The molecule has 3 heterocycles. The molecule has 9 nitrogen and oxygen atoms in total. The molecule has 29 heavy (non-hydrogen) atoms. The zero-order chi connectivity index (χ0) is 21.5. The van der Waals surface area contributed by atoms with Crippen LogP contribution in [-0.4, -0.2) is 43.4 Å². The first-order valence-corrected chi connectivity index (χ1v) is 9.75. The average Bonchev–Trinajstić information content (AvgIpc) is 3.24. The number of nitrogens with two attached hydrogens (primary N) is 1. The van der Waals surface area contributed by atoms with Gasteiger partial charge in [-0.25, -0.2) is 0 Å². The molecule has 3 aromatic heterocycles. The van der Waals surface area contributed by atoms with Crippen molar-refractivity contribution in [2.24, 2.45) is 5.92 Å². The van der Waals surface area contributed by atoms with Gasteiger partial charge < -0.3 is 20.1 Å². The molecule has 9 heteroatoms. The van der Waals surface area contributed by atoms with Crippen LogP contribution in [-0.2, 0) is 16.9 Å². The Balaban J connectivity index is 2.28. The molecule has 0 bridgehead atoms. The van der Waals surface area contributed by atoms with Gasteiger partial charge in [0.15, 0.2) is 5.82 Å². The first-order chi connectivity index (χ1) is 13.6. The van der Waals surface area contributed by atoms with E-state index in [1.165, 1.54) is 0 Å². The number of anilines is 1. The SMILES string of the molecule is COCCn1nc(-c2cn(C(C)C(C)C)c(=O)c3c(N)n[nH]c23)cc1C(C)(C)O. The molecule has 0 fully saturated rings. The fourth-order valence-corrected chi connectivity index (χ4v) is 3.37. The third-order valence-corrected chi connectivity index (χ3v) is 5.37. The van der Waals surface area contributed by atoms with E-state index in [-0.39, 0.29) is 23.3 Å². The number of rotatable bonds is 7. The number of aromatic nitrogens is 5. The summed E-state index contributed by atoms with van der Waals surface area (Å²) in [6.07, 6.45) is 1.80. The summed E-state index contributed by atoms with van der Waals surface area (Å²) in [5, 5.41) is 22.6. The van der Waals surface area contributed by atoms with Gasteiger partial charge in [0.2, 0.25) is 0 Å². The summed E-state index contributed by atoms with van der Waals surface area (Å²) >= 11 is 0. The van der Waals surface area contributed by atoms with Crippen molar-refractivity contribution in [2.45, 2.75) is 52.8 Å². The van der Waals surface area contributed by atoms with Crippen LogP contribution >= 0.6 is 0 Å². The van der Waals surface area contributed by atoms with Crippen molar-refractivity contribution in [3.8, 4) is 11.3 Å². The molecule has 4 N–H and O–H groups in total. The molecular weight excluding hydrogens is 372 g/mol. The van der Waals surface area contributed by atoms with Crippen LogP contribution in [0.4, 0.5) is 5.82 Å². The Bertz CT molecular complexity index is 1070. The van der Waals surface area contributed by atoms with Crippen LogP contribution in [0.5, 0.6) is 0 Å². The molecule has 0 amide bonds. The van der Waals surface area contributed by atoms with Gasteiger partial charge in [-0.05, 0) is 32.8 Å². The summed E-state index contributed by atoms with van der Waals surface area (Å²) in [5.74, 6) is 0.412. The maximum atomic E-state index is 13.1. The topological polar surface area (TPSA) is 124 Å². The van der Waals surface area contributed by atoms with Gasteiger partial charge in [0.1, 0.15) is 11.0 Å². The standard InChI is InChI=1S/C20H30N6O3/c1-11(2)12(3)25-10-13(17-16(19(25)27)18(21)23-22-17)14-9-15(20(4,5)28)26(24-14)7-8-29-6/h9-12,28H,7-8H2,1-6H3,(H3,21,22,23). The van der Waals surface area contributed by atoms with Gasteiger partial charge in [0.05, 0.1) is 30.1 Å². The molecule has 0 saturated carbocycles. The highest BCUT2D eigenvalue weighted by atomic mass is 16.5. The maximum Gasteiger partial charge on any atom is 0.264 e. The predicted molar refractivity (Wildman–Crippen MR) is 113 cm³/mol. The predicted octanol–water partition coefficient (Wildman–Crippen LogP) is 2.26. The van der Waals surface area contributed by atoms with E-state index in [1.807, 2.05) is 13.0 Å². The molecule has 0 aliphatic heterocycles. The van der Waals surface area contributed by atoms with E-state index in [0.29, 0.717) is 41.0 Å². The fourth-order valence-electron chi connectivity index (χ4n) is 3.37. The third-order valence-electron chi connectivity index (χ3n) is 5.37. The van der Waals surface area contributed by atoms with Crippen molar-refractivity contribution in [3.63, 3.8) is 0 Å². The third kappa shape index (κ3) is 3.79. The molecule has 3 aromatic rings. The lowest BCUT2D eigenvalue weighted by Gasteiger charge is -2.20. The van der Waals surface area contributed by atoms with Gasteiger partial charge in [-0.2, -0.15) is 10.2 Å². The fraction of sp³-hybridized carbons (Fsp3) is 0.550. The van der Waals surface area contributed by atoms with Crippen molar-refractivity contribution in [1.29, 1.82) is 0 Å². The molecule has 0 aliphatic rings. The number of H-pyrrole nitrogens is 1. The second kappa shape index (κ2) is 7.64. The van der Waals surface area contributed by atoms with E-state index in [2.05, 4.69) is 24.0 Å². The molecule has 158 valence electrons. The second-order valence-corrected chi connectivity index (χ2v) is 8.29. The van der Waals surface area contributed by atoms with Crippen molar-refractivity contribution in [3.05, 3.63) is 28.3 Å². The zero-order valence-electron chi connectivity index (χ0n) is 17.9. The number of pyridine rings is 1. The minimum absolute atomic E-state index is 0.0377. The van der Waals surface area contributed by atoms with E-state index in [0.717, 1.165) is 0 Å². The van der Waals surface area contributed by atoms with Crippen LogP contribution < -0.4 is 11.3 Å². The number of nitrogens with zero attached hydrogens (tertiary/aromatic N) is 4. The molecule has 0 aromatic carbocycles. The number of hydrogen-bond donors (Lipinski definition) is 3. The average molecular weight is 402 g/mol. The Hall–Kier alpha value is -2.65. The van der Waals surface area contributed by atoms with Crippen LogP contribution in [0, 0.1) is 5.92 Å². The summed E-state index contributed by atoms with van der Waals surface area (Å²) in [6, 6.07) is 1.79. The van der Waals surface area contributed by atoms with Crippen molar-refractivity contribution >= 4 is 16.7 Å². The van der Waals surface area contributed by atoms with Gasteiger partial charge in [-0.1, -0.05) is 13.8 Å². The molecule has 0 radical (unpaired) electrons. The number of ether oxygens (including phenoxy) is 1. The summed E-state index contributed by atoms with van der Waals surface area (Å²) in [7, 11) is 1.62. The summed E-state index contributed by atoms with van der Waals surface area (Å²) < 4.78 is 8.59. The van der Waals surface area contributed by atoms with Gasteiger partial charge in [-0.3, -0.25) is 14.6 Å². The minimum Gasteiger partial charge on any atom is -0.384 e. The molecule has 0 spiro atoms. The van der Waals surface area contributed by atoms with Crippen LogP contribution in [0.1, 0.15) is 46.4 Å². The van der Waals surface area contributed by atoms with E-state index in [4.69, 9.17) is 15.6 Å². The molecular formula is C20H30N6O3. The van der Waals surface area contributed by atoms with Gasteiger partial charge in [-0.15, -0.1) is 0 Å². The summed E-state index contributed by atoms with van der Waals surface area (Å²) in [4.78, 5) is 13.1. The molecule has 0 aliphatic carbocycles. The van der Waals surface area contributed by atoms with Crippen molar-refractivity contribution in [2.75, 3.05) is 19.5 Å². The number of aromatic amines is 1. The van der Waals surface area contributed by atoms with Crippen LogP contribution in [0.3, 0.4) is 0 Å².